The molecule has 3 rings (SSSR count). The van der Waals surface area contributed by atoms with E-state index in [9.17, 15) is 9.90 Å². The van der Waals surface area contributed by atoms with Crippen LogP contribution >= 0.6 is 0 Å². The van der Waals surface area contributed by atoms with Gasteiger partial charge in [0.25, 0.3) is 0 Å². The fourth-order valence-electron chi connectivity index (χ4n) is 5.26. The molecule has 2 aliphatic heterocycles. The summed E-state index contributed by atoms with van der Waals surface area (Å²) in [5, 5.41) is 9.97. The Morgan fingerprint density at radius 1 is 1.33 bits per heavy atom. The number of hydrogen-bond donors (Lipinski definition) is 1. The van der Waals surface area contributed by atoms with E-state index in [1.54, 1.807) is 11.1 Å². The van der Waals surface area contributed by atoms with Crippen molar-refractivity contribution >= 4 is 5.97 Å². The Kier molecular flexibility index (Phi) is 9.14. The maximum Gasteiger partial charge on any atom is 0.333 e. The van der Waals surface area contributed by atoms with E-state index in [4.69, 9.17) is 14.2 Å². The van der Waals surface area contributed by atoms with Crippen LogP contribution in [-0.4, -0.2) is 36.4 Å². The van der Waals surface area contributed by atoms with Crippen molar-refractivity contribution in [2.45, 2.75) is 111 Å². The van der Waals surface area contributed by atoms with Crippen LogP contribution in [0.1, 0.15) is 92.4 Å². The molecule has 0 saturated carbocycles. The summed E-state index contributed by atoms with van der Waals surface area (Å²) in [6.07, 6.45) is 13.2. The molecule has 2 heterocycles. The predicted octanol–water partition coefficient (Wildman–Crippen LogP) is 6.29. The molecule has 0 amide bonds. The number of aliphatic hydroxyl groups is 1. The van der Waals surface area contributed by atoms with Gasteiger partial charge in [0.2, 0.25) is 6.29 Å². The molecule has 3 aliphatic rings. The first-order valence-electron chi connectivity index (χ1n) is 12.6. The lowest BCUT2D eigenvalue weighted by molar-refractivity contribution is -0.162. The molecule has 1 unspecified atom stereocenters. The van der Waals surface area contributed by atoms with E-state index in [0.29, 0.717) is 24.0 Å². The Morgan fingerprint density at radius 3 is 2.79 bits per heavy atom. The molecule has 0 aromatic heterocycles. The summed E-state index contributed by atoms with van der Waals surface area (Å²) in [6, 6.07) is 0. The molecule has 1 N–H and O–H groups in total. The minimum absolute atomic E-state index is 0.339. The van der Waals surface area contributed by atoms with Crippen molar-refractivity contribution < 1.29 is 24.1 Å². The third-order valence-corrected chi connectivity index (χ3v) is 7.21. The highest BCUT2D eigenvalue weighted by Gasteiger charge is 2.35. The topological polar surface area (TPSA) is 65.0 Å². The lowest BCUT2D eigenvalue weighted by atomic mass is 9.71. The highest BCUT2D eigenvalue weighted by molar-refractivity contribution is 5.85. The van der Waals surface area contributed by atoms with Crippen LogP contribution in [0.25, 0.3) is 0 Å². The maximum atomic E-state index is 11.5. The molecule has 0 radical (unpaired) electrons. The number of esters is 1. The van der Waals surface area contributed by atoms with Crippen molar-refractivity contribution in [3.8, 4) is 0 Å². The second kappa shape index (κ2) is 11.6. The number of ether oxygens (including phenoxy) is 3. The van der Waals surface area contributed by atoms with Crippen LogP contribution < -0.4 is 0 Å². The van der Waals surface area contributed by atoms with Gasteiger partial charge in [-0.15, -0.1) is 0 Å². The van der Waals surface area contributed by atoms with Gasteiger partial charge in [0.15, 0.2) is 6.29 Å². The number of carbonyl (C=O) groups excluding carboxylic acids is 1. The lowest BCUT2D eigenvalue weighted by Gasteiger charge is -2.35. The van der Waals surface area contributed by atoms with Gasteiger partial charge >= 0.3 is 5.97 Å². The second-order valence-corrected chi connectivity index (χ2v) is 10.4. The Labute approximate surface area is 199 Å². The molecule has 0 fully saturated rings. The molecule has 0 saturated heterocycles. The number of cyclic esters (lactones) is 1. The van der Waals surface area contributed by atoms with Gasteiger partial charge in [-0.05, 0) is 82.6 Å². The summed E-state index contributed by atoms with van der Waals surface area (Å²) >= 11 is 0. The third-order valence-electron chi connectivity index (χ3n) is 7.21. The van der Waals surface area contributed by atoms with E-state index in [0.717, 1.165) is 37.7 Å². The smallest absolute Gasteiger partial charge is 0.333 e. The molecular weight excluding hydrogens is 416 g/mol. The molecule has 184 valence electrons. The maximum absolute atomic E-state index is 11.5. The minimum Gasteiger partial charge on any atom is -0.429 e. The Bertz CT molecular complexity index is 829. The largest absolute Gasteiger partial charge is 0.429 e. The first kappa shape index (κ1) is 25.9. The molecule has 0 spiro atoms. The normalized spacial score (nSPS) is 28.0. The average Bonchev–Trinajstić information content (AvgIpc) is 3.10. The van der Waals surface area contributed by atoms with Gasteiger partial charge in [-0.25, -0.2) is 4.79 Å². The Hall–Kier alpha value is -1.69. The average molecular weight is 459 g/mol. The lowest BCUT2D eigenvalue weighted by Crippen LogP contribution is -2.34. The van der Waals surface area contributed by atoms with Gasteiger partial charge in [0, 0.05) is 18.3 Å². The fraction of sp³-hybridized carbons (Fsp3) is 0.679. The van der Waals surface area contributed by atoms with Crippen molar-refractivity contribution in [3.63, 3.8) is 0 Å². The molecule has 0 aromatic rings. The molecule has 0 bridgehead atoms. The van der Waals surface area contributed by atoms with Gasteiger partial charge in [0.05, 0.1) is 6.10 Å². The molecule has 3 atom stereocenters. The van der Waals surface area contributed by atoms with Crippen LogP contribution in [0.5, 0.6) is 0 Å². The van der Waals surface area contributed by atoms with Crippen molar-refractivity contribution in [1.29, 1.82) is 0 Å². The van der Waals surface area contributed by atoms with Gasteiger partial charge in [-0.2, -0.15) is 0 Å². The number of allylic oxidation sites excluding steroid dienone is 4. The number of aliphatic hydroxyl groups excluding tert-OH is 1. The predicted molar refractivity (Wildman–Crippen MR) is 130 cm³/mol. The van der Waals surface area contributed by atoms with Crippen LogP contribution in [0.2, 0.25) is 0 Å². The number of carbonyl (C=O) groups is 1. The van der Waals surface area contributed by atoms with Crippen LogP contribution in [0.4, 0.5) is 0 Å². The summed E-state index contributed by atoms with van der Waals surface area (Å²) in [7, 11) is 0. The van der Waals surface area contributed by atoms with E-state index in [-0.39, 0.29) is 0 Å². The summed E-state index contributed by atoms with van der Waals surface area (Å²) < 4.78 is 16.9. The van der Waals surface area contributed by atoms with Crippen molar-refractivity contribution in [3.05, 3.63) is 46.1 Å². The van der Waals surface area contributed by atoms with Crippen molar-refractivity contribution in [2.24, 2.45) is 5.41 Å². The van der Waals surface area contributed by atoms with E-state index in [1.165, 1.54) is 30.9 Å². The molecule has 0 aromatic carbocycles. The van der Waals surface area contributed by atoms with E-state index in [2.05, 4.69) is 46.8 Å². The zero-order valence-electron chi connectivity index (χ0n) is 21.1. The monoisotopic (exact) mass is 458 g/mol. The van der Waals surface area contributed by atoms with Crippen LogP contribution in [0.3, 0.4) is 0 Å². The van der Waals surface area contributed by atoms with E-state index < -0.39 is 24.7 Å². The fourth-order valence-corrected chi connectivity index (χ4v) is 5.26. The van der Waals surface area contributed by atoms with Crippen LogP contribution in [-0.2, 0) is 19.0 Å². The summed E-state index contributed by atoms with van der Waals surface area (Å²) in [5.41, 5.74) is 6.65. The van der Waals surface area contributed by atoms with E-state index in [1.807, 2.05) is 0 Å². The third kappa shape index (κ3) is 6.91. The van der Waals surface area contributed by atoms with Gasteiger partial charge in [-0.1, -0.05) is 49.6 Å². The Morgan fingerprint density at radius 2 is 2.12 bits per heavy atom. The molecule has 5 nitrogen and oxygen atoms in total. The SMILES string of the molecule is CCCO[C@@H]1O[C@@H](C2=CC(=O)OC2O)CC=C1CC/C=C(\C)CCC1=C(C)CCCC1(C)C. The van der Waals surface area contributed by atoms with Crippen molar-refractivity contribution in [2.75, 3.05) is 6.61 Å². The zero-order chi connectivity index (χ0) is 24.0. The molecule has 33 heavy (non-hydrogen) atoms. The van der Waals surface area contributed by atoms with Crippen LogP contribution in [0.15, 0.2) is 46.1 Å². The highest BCUT2D eigenvalue weighted by atomic mass is 16.7. The van der Waals surface area contributed by atoms with Gasteiger partial charge in [-0.3, -0.25) is 0 Å². The van der Waals surface area contributed by atoms with Crippen LogP contribution in [0, 0.1) is 5.41 Å². The molecule has 1 aliphatic carbocycles. The number of hydrogen-bond acceptors (Lipinski definition) is 5. The molecule has 5 heteroatoms. The second-order valence-electron chi connectivity index (χ2n) is 10.4. The standard InChI is InChI=1S/C28H42O5/c1-6-17-31-27-21(13-15-24(32-27)22-18-25(29)33-26(22)30)11-7-9-19(2)12-14-23-20(3)10-8-16-28(23,4)5/h9,13,18,24,26-27,30H,6-8,10-12,14-17H2,1-5H3/b19-9+/t24-,26?,27-/m1/s1. The summed E-state index contributed by atoms with van der Waals surface area (Å²) in [5.74, 6) is -0.523. The quantitative estimate of drug-likeness (QED) is 0.308. The van der Waals surface area contributed by atoms with Gasteiger partial charge in [0.1, 0.15) is 0 Å². The summed E-state index contributed by atoms with van der Waals surface area (Å²) in [4.78, 5) is 11.5. The van der Waals surface area contributed by atoms with E-state index >= 15 is 0 Å². The first-order chi connectivity index (χ1) is 15.7. The van der Waals surface area contributed by atoms with Crippen molar-refractivity contribution in [1.82, 2.24) is 0 Å². The summed E-state index contributed by atoms with van der Waals surface area (Å²) in [6.45, 7) is 12.0. The zero-order valence-corrected chi connectivity index (χ0v) is 21.1. The number of rotatable bonds is 10. The highest BCUT2D eigenvalue weighted by Crippen LogP contribution is 2.42. The minimum atomic E-state index is -1.22. The van der Waals surface area contributed by atoms with Gasteiger partial charge < -0.3 is 19.3 Å². The first-order valence-corrected chi connectivity index (χ1v) is 12.6. The molecular formula is C28H42O5. The Balaban J connectivity index is 1.56.